The number of fused-ring (bicyclic) bond motifs is 1. The van der Waals surface area contributed by atoms with Crippen molar-refractivity contribution in [1.29, 1.82) is 0 Å². The summed E-state index contributed by atoms with van der Waals surface area (Å²) in [5, 5.41) is 2.08. The van der Waals surface area contributed by atoms with Gasteiger partial charge in [-0.15, -0.1) is 11.3 Å². The highest BCUT2D eigenvalue weighted by Gasteiger charge is 2.24. The van der Waals surface area contributed by atoms with Gasteiger partial charge in [-0.1, -0.05) is 49.4 Å². The third-order valence-electron chi connectivity index (χ3n) is 6.63. The van der Waals surface area contributed by atoms with E-state index in [-0.39, 0.29) is 11.3 Å². The first-order valence-corrected chi connectivity index (χ1v) is 14.8. The van der Waals surface area contributed by atoms with E-state index in [1.165, 1.54) is 18.4 Å². The van der Waals surface area contributed by atoms with Crippen LogP contribution in [-0.4, -0.2) is 42.3 Å². The molecule has 9 nitrogen and oxygen atoms in total. The van der Waals surface area contributed by atoms with Gasteiger partial charge >= 0.3 is 5.97 Å². The molecular weight excluding hydrogens is 560 g/mol. The summed E-state index contributed by atoms with van der Waals surface area (Å²) < 4.78 is 32.1. The first-order valence-electron chi connectivity index (χ1n) is 12.9. The summed E-state index contributed by atoms with van der Waals surface area (Å²) in [5.41, 5.74) is 5.09. The van der Waals surface area contributed by atoms with Gasteiger partial charge in [0, 0.05) is 17.5 Å². The van der Waals surface area contributed by atoms with Gasteiger partial charge in [0.1, 0.15) is 16.3 Å². The molecule has 41 heavy (non-hydrogen) atoms. The minimum Gasteiger partial charge on any atom is -0.755 e. The Bertz CT molecular complexity index is 1750. The van der Waals surface area contributed by atoms with Crippen molar-refractivity contribution in [2.24, 2.45) is 0 Å². The highest BCUT2D eigenvalue weighted by atomic mass is 32.2. The Hall–Kier alpha value is -4.19. The lowest BCUT2D eigenvalue weighted by atomic mass is 10.1. The number of amides is 1. The SMILES string of the molecule is CCCc1nc2c(C)cc(C(=O)OC)nc2n1Cc1ccc(-c2ccsc2N(C(=O)c2ccccc2)S(=O)[O-])cc1. The number of carbonyl (C=O) groups is 2. The largest absolute Gasteiger partial charge is 0.755 e. The molecule has 0 aliphatic rings. The van der Waals surface area contributed by atoms with Crippen LogP contribution in [0.5, 0.6) is 0 Å². The van der Waals surface area contributed by atoms with Crippen LogP contribution in [0.1, 0.15) is 51.1 Å². The van der Waals surface area contributed by atoms with E-state index in [1.807, 2.05) is 35.8 Å². The van der Waals surface area contributed by atoms with Crippen LogP contribution in [0.25, 0.3) is 22.3 Å². The molecule has 3 heterocycles. The van der Waals surface area contributed by atoms with Crippen LogP contribution < -0.4 is 4.31 Å². The topological polar surface area (TPSA) is 117 Å². The van der Waals surface area contributed by atoms with Crippen LogP contribution in [-0.2, 0) is 29.0 Å². The molecule has 0 spiro atoms. The monoisotopic (exact) mass is 587 g/mol. The molecule has 3 aromatic heterocycles. The first-order chi connectivity index (χ1) is 19.8. The highest BCUT2D eigenvalue weighted by Crippen LogP contribution is 2.38. The van der Waals surface area contributed by atoms with Crippen LogP contribution in [0.3, 0.4) is 0 Å². The predicted octanol–water partition coefficient (Wildman–Crippen LogP) is 5.70. The molecular formula is C30H27N4O5S2-. The number of thiophene rings is 1. The van der Waals surface area contributed by atoms with Crippen LogP contribution in [0.15, 0.2) is 72.1 Å². The Morgan fingerprint density at radius 3 is 2.46 bits per heavy atom. The highest BCUT2D eigenvalue weighted by molar-refractivity contribution is 7.81. The number of esters is 1. The molecule has 210 valence electrons. The van der Waals surface area contributed by atoms with Gasteiger partial charge in [0.05, 0.1) is 24.9 Å². The summed E-state index contributed by atoms with van der Waals surface area (Å²) >= 11 is -1.63. The van der Waals surface area contributed by atoms with Crippen molar-refractivity contribution in [2.75, 3.05) is 11.4 Å². The van der Waals surface area contributed by atoms with E-state index in [1.54, 1.807) is 47.8 Å². The Kier molecular flexibility index (Phi) is 8.39. The molecule has 0 radical (unpaired) electrons. The second-order valence-corrected chi connectivity index (χ2v) is 11.1. The molecule has 1 amide bonds. The summed E-state index contributed by atoms with van der Waals surface area (Å²) in [6.07, 6.45) is 1.64. The number of methoxy groups -OCH3 is 1. The number of aromatic nitrogens is 3. The predicted molar refractivity (Wildman–Crippen MR) is 159 cm³/mol. The zero-order valence-electron chi connectivity index (χ0n) is 22.7. The second kappa shape index (κ2) is 12.1. The molecule has 0 aliphatic carbocycles. The van der Waals surface area contributed by atoms with E-state index in [9.17, 15) is 18.4 Å². The van der Waals surface area contributed by atoms with E-state index in [0.717, 1.165) is 45.2 Å². The molecule has 0 fully saturated rings. The number of rotatable bonds is 9. The number of benzene rings is 2. The van der Waals surface area contributed by atoms with Gasteiger partial charge in [-0.25, -0.2) is 19.1 Å². The summed E-state index contributed by atoms with van der Waals surface area (Å²) in [7, 11) is 1.33. The molecule has 0 aliphatic heterocycles. The fourth-order valence-corrected chi connectivity index (χ4v) is 6.26. The first kappa shape index (κ1) is 28.3. The second-order valence-electron chi connectivity index (χ2n) is 9.37. The van der Waals surface area contributed by atoms with Gasteiger partial charge in [-0.3, -0.25) is 9.00 Å². The van der Waals surface area contributed by atoms with Crippen LogP contribution in [0.2, 0.25) is 0 Å². The minimum absolute atomic E-state index is 0.229. The Labute approximate surface area is 243 Å². The standard InChI is InChI=1S/C30H28N4O5S2/c1-4-8-25-32-26-19(2)17-24(30(36)39-3)31-27(26)33(25)18-20-11-13-21(14-12-20)23-15-16-40-29(23)34(41(37)38)28(35)22-9-6-5-7-10-22/h5-7,9-17H,4,8,18H2,1-3H3,(H,37,38)/p-1. The summed E-state index contributed by atoms with van der Waals surface area (Å²) in [6.45, 7) is 4.46. The molecule has 0 bridgehead atoms. The third-order valence-corrected chi connectivity index (χ3v) is 8.29. The minimum atomic E-state index is -2.81. The molecule has 5 rings (SSSR count). The average molecular weight is 588 g/mol. The maximum Gasteiger partial charge on any atom is 0.356 e. The number of anilines is 1. The normalized spacial score (nSPS) is 11.9. The van der Waals surface area contributed by atoms with E-state index in [2.05, 4.69) is 11.9 Å². The fraction of sp³-hybridized carbons (Fsp3) is 0.200. The average Bonchev–Trinajstić information content (AvgIpc) is 3.59. The Balaban J connectivity index is 1.48. The molecule has 1 atom stereocenters. The number of nitrogens with zero attached hydrogens (tertiary/aromatic N) is 4. The molecule has 5 aromatic rings. The van der Waals surface area contributed by atoms with E-state index in [0.29, 0.717) is 22.8 Å². The van der Waals surface area contributed by atoms with Crippen molar-refractivity contribution >= 4 is 50.6 Å². The van der Waals surface area contributed by atoms with E-state index < -0.39 is 23.1 Å². The molecule has 11 heteroatoms. The summed E-state index contributed by atoms with van der Waals surface area (Å²) in [6, 6.07) is 19.5. The van der Waals surface area contributed by atoms with Crippen molar-refractivity contribution in [3.63, 3.8) is 0 Å². The zero-order chi connectivity index (χ0) is 29.1. The van der Waals surface area contributed by atoms with Crippen LogP contribution >= 0.6 is 11.3 Å². The van der Waals surface area contributed by atoms with Crippen LogP contribution in [0.4, 0.5) is 5.00 Å². The Morgan fingerprint density at radius 2 is 1.80 bits per heavy atom. The number of ether oxygens (including phenoxy) is 1. The van der Waals surface area contributed by atoms with Crippen LogP contribution in [0, 0.1) is 6.92 Å². The third kappa shape index (κ3) is 5.69. The van der Waals surface area contributed by atoms with Gasteiger partial charge in [0.25, 0.3) is 5.91 Å². The van der Waals surface area contributed by atoms with Gasteiger partial charge in [-0.2, -0.15) is 0 Å². The van der Waals surface area contributed by atoms with Gasteiger partial charge in [0.2, 0.25) is 0 Å². The Morgan fingerprint density at radius 1 is 1.07 bits per heavy atom. The van der Waals surface area contributed by atoms with Crippen molar-refractivity contribution < 1.29 is 23.1 Å². The maximum atomic E-state index is 13.1. The number of carbonyl (C=O) groups excluding carboxylic acids is 2. The van der Waals surface area contributed by atoms with Gasteiger partial charge < -0.3 is 13.9 Å². The van der Waals surface area contributed by atoms with Gasteiger partial charge in [0.15, 0.2) is 11.3 Å². The molecule has 0 N–H and O–H groups in total. The number of aryl methyl sites for hydroxylation is 2. The maximum absolute atomic E-state index is 13.1. The number of imidazole rings is 1. The summed E-state index contributed by atoms with van der Waals surface area (Å²) in [5.74, 6) is -0.254. The van der Waals surface area contributed by atoms with Crippen molar-refractivity contribution in [3.8, 4) is 11.1 Å². The lowest BCUT2D eigenvalue weighted by molar-refractivity contribution is 0.0594. The molecule has 0 saturated heterocycles. The van der Waals surface area contributed by atoms with Crippen molar-refractivity contribution in [1.82, 2.24) is 14.5 Å². The lowest BCUT2D eigenvalue weighted by Gasteiger charge is -2.24. The molecule has 0 saturated carbocycles. The zero-order valence-corrected chi connectivity index (χ0v) is 24.3. The number of hydrogen-bond acceptors (Lipinski definition) is 8. The van der Waals surface area contributed by atoms with Crippen molar-refractivity contribution in [2.45, 2.75) is 33.2 Å². The van der Waals surface area contributed by atoms with E-state index in [4.69, 9.17) is 9.72 Å². The number of pyridine rings is 1. The van der Waals surface area contributed by atoms with Crippen molar-refractivity contribution in [3.05, 3.63) is 100 Å². The fourth-order valence-electron chi connectivity index (χ4n) is 4.65. The molecule has 2 aromatic carbocycles. The number of hydrogen-bond donors (Lipinski definition) is 0. The van der Waals surface area contributed by atoms with E-state index >= 15 is 0 Å². The lowest BCUT2D eigenvalue weighted by Crippen LogP contribution is -2.32. The molecule has 1 unspecified atom stereocenters. The smallest absolute Gasteiger partial charge is 0.356 e. The quantitative estimate of drug-likeness (QED) is 0.160. The summed E-state index contributed by atoms with van der Waals surface area (Å²) in [4.78, 5) is 34.7. The van der Waals surface area contributed by atoms with Gasteiger partial charge in [-0.05, 0) is 59.7 Å².